The molecule has 88 valence electrons. The Morgan fingerprint density at radius 2 is 2.62 bits per heavy atom. The lowest BCUT2D eigenvalue weighted by Crippen LogP contribution is -2.31. The van der Waals surface area contributed by atoms with Gasteiger partial charge in [-0.3, -0.25) is 4.79 Å². The Hall–Kier alpha value is -0.940. The molecule has 1 saturated heterocycles. The minimum atomic E-state index is 0.118. The van der Waals surface area contributed by atoms with Crippen LogP contribution in [0.1, 0.15) is 30.0 Å². The predicted molar refractivity (Wildman–Crippen MR) is 64.3 cm³/mol. The number of nitrogens with zero attached hydrogens (tertiary/aromatic N) is 1. The maximum absolute atomic E-state index is 11.6. The summed E-state index contributed by atoms with van der Waals surface area (Å²) in [7, 11) is 0. The highest BCUT2D eigenvalue weighted by Gasteiger charge is 2.17. The number of hydrogen-bond donors (Lipinski definition) is 2. The molecule has 4 nitrogen and oxygen atoms in total. The van der Waals surface area contributed by atoms with Crippen LogP contribution in [0.2, 0.25) is 0 Å². The third-order valence-electron chi connectivity index (χ3n) is 2.70. The average molecular weight is 239 g/mol. The van der Waals surface area contributed by atoms with Gasteiger partial charge >= 0.3 is 0 Å². The van der Waals surface area contributed by atoms with Crippen molar-refractivity contribution in [3.05, 3.63) is 16.1 Å². The fourth-order valence-electron chi connectivity index (χ4n) is 1.88. The maximum Gasteiger partial charge on any atom is 0.221 e. The van der Waals surface area contributed by atoms with Crippen molar-refractivity contribution in [3.63, 3.8) is 0 Å². The fraction of sp³-hybridized carbons (Fsp3) is 0.636. The van der Waals surface area contributed by atoms with Crippen LogP contribution in [0.15, 0.2) is 5.38 Å². The summed E-state index contributed by atoms with van der Waals surface area (Å²) in [4.78, 5) is 15.9. The predicted octanol–water partition coefficient (Wildman–Crippen LogP) is 1.21. The first-order valence-corrected chi connectivity index (χ1v) is 6.53. The Morgan fingerprint density at radius 1 is 1.75 bits per heavy atom. The van der Waals surface area contributed by atoms with Gasteiger partial charge in [0, 0.05) is 23.5 Å². The molecule has 1 aromatic heterocycles. The van der Waals surface area contributed by atoms with Gasteiger partial charge in [0.25, 0.3) is 0 Å². The summed E-state index contributed by atoms with van der Waals surface area (Å²) in [6, 6.07) is 0.373. The van der Waals surface area contributed by atoms with Crippen LogP contribution >= 0.6 is 11.3 Å². The van der Waals surface area contributed by atoms with Gasteiger partial charge in [0.05, 0.1) is 6.54 Å². The first-order valence-electron chi connectivity index (χ1n) is 5.65. The quantitative estimate of drug-likeness (QED) is 0.830. The Kier molecular flexibility index (Phi) is 3.90. The van der Waals surface area contributed by atoms with E-state index >= 15 is 0 Å². The van der Waals surface area contributed by atoms with Gasteiger partial charge in [0.2, 0.25) is 5.91 Å². The molecule has 1 fully saturated rings. The molecule has 1 atom stereocenters. The highest BCUT2D eigenvalue weighted by Crippen LogP contribution is 2.10. The lowest BCUT2D eigenvalue weighted by atomic mass is 10.1. The minimum Gasteiger partial charge on any atom is -0.350 e. The van der Waals surface area contributed by atoms with Crippen LogP contribution in [-0.4, -0.2) is 23.5 Å². The first kappa shape index (κ1) is 11.5. The molecule has 1 aliphatic rings. The van der Waals surface area contributed by atoms with E-state index in [9.17, 15) is 4.79 Å². The number of aryl methyl sites for hydroxylation is 1. The van der Waals surface area contributed by atoms with Gasteiger partial charge in [-0.1, -0.05) is 0 Å². The normalized spacial score (nSPS) is 19.9. The van der Waals surface area contributed by atoms with E-state index in [1.165, 1.54) is 6.42 Å². The second-order valence-corrected chi connectivity index (χ2v) is 5.10. The summed E-state index contributed by atoms with van der Waals surface area (Å²) < 4.78 is 0. The standard InChI is InChI=1S/C11H17N3OS/c1-8-7-16-11(14-8)6-13-10(15)5-9-3-2-4-12-9/h7,9,12H,2-6H2,1H3,(H,13,15). The van der Waals surface area contributed by atoms with Crippen LogP contribution in [0.5, 0.6) is 0 Å². The number of aromatic nitrogens is 1. The molecule has 2 rings (SSSR count). The van der Waals surface area contributed by atoms with E-state index in [0.29, 0.717) is 19.0 Å². The molecule has 1 unspecified atom stereocenters. The molecule has 0 aromatic carbocycles. The van der Waals surface area contributed by atoms with Gasteiger partial charge in [-0.2, -0.15) is 0 Å². The molecule has 0 spiro atoms. The minimum absolute atomic E-state index is 0.118. The Labute approximate surface area is 99.5 Å². The molecule has 0 aliphatic carbocycles. The van der Waals surface area contributed by atoms with Crippen LogP contribution in [0.25, 0.3) is 0 Å². The number of carbonyl (C=O) groups excluding carboxylic acids is 1. The largest absolute Gasteiger partial charge is 0.350 e. The maximum atomic E-state index is 11.6. The number of thiazole rings is 1. The number of nitrogens with one attached hydrogen (secondary N) is 2. The molecule has 1 amide bonds. The van der Waals surface area contributed by atoms with Crippen molar-refractivity contribution in [1.29, 1.82) is 0 Å². The summed E-state index contributed by atoms with van der Waals surface area (Å²) in [6.45, 7) is 3.57. The first-order chi connectivity index (χ1) is 7.74. The van der Waals surface area contributed by atoms with Gasteiger partial charge in [-0.15, -0.1) is 11.3 Å². The Morgan fingerprint density at radius 3 is 3.25 bits per heavy atom. The zero-order valence-corrected chi connectivity index (χ0v) is 10.3. The molecule has 2 N–H and O–H groups in total. The van der Waals surface area contributed by atoms with Crippen molar-refractivity contribution in [2.75, 3.05) is 6.54 Å². The second-order valence-electron chi connectivity index (χ2n) is 4.16. The SMILES string of the molecule is Cc1csc(CNC(=O)CC2CCCN2)n1. The van der Waals surface area contributed by atoms with Crippen molar-refractivity contribution in [2.24, 2.45) is 0 Å². The summed E-state index contributed by atoms with van der Waals surface area (Å²) in [5.41, 5.74) is 1.02. The zero-order chi connectivity index (χ0) is 11.4. The molecule has 0 bridgehead atoms. The van der Waals surface area contributed by atoms with E-state index in [-0.39, 0.29) is 5.91 Å². The van der Waals surface area contributed by atoms with Crippen LogP contribution in [0.4, 0.5) is 0 Å². The number of amides is 1. The molecule has 16 heavy (non-hydrogen) atoms. The van der Waals surface area contributed by atoms with E-state index in [1.807, 2.05) is 12.3 Å². The summed E-state index contributed by atoms with van der Waals surface area (Å²) >= 11 is 1.59. The van der Waals surface area contributed by atoms with Crippen molar-refractivity contribution in [2.45, 2.75) is 38.8 Å². The number of carbonyl (C=O) groups is 1. The molecule has 1 aliphatic heterocycles. The summed E-state index contributed by atoms with van der Waals surface area (Å²) in [5.74, 6) is 0.118. The van der Waals surface area contributed by atoms with Crippen LogP contribution < -0.4 is 10.6 Å². The molecule has 1 aromatic rings. The summed E-state index contributed by atoms with van der Waals surface area (Å²) in [6.07, 6.45) is 2.89. The van der Waals surface area contributed by atoms with Crippen LogP contribution in [0, 0.1) is 6.92 Å². The average Bonchev–Trinajstić information content (AvgIpc) is 2.87. The third-order valence-corrected chi connectivity index (χ3v) is 3.66. The molecular weight excluding hydrogens is 222 g/mol. The van der Waals surface area contributed by atoms with E-state index in [1.54, 1.807) is 11.3 Å². The van der Waals surface area contributed by atoms with Gasteiger partial charge in [0.15, 0.2) is 0 Å². The number of rotatable bonds is 4. The van der Waals surface area contributed by atoms with E-state index in [4.69, 9.17) is 0 Å². The van der Waals surface area contributed by atoms with Crippen LogP contribution in [-0.2, 0) is 11.3 Å². The Bertz CT molecular complexity index is 358. The topological polar surface area (TPSA) is 54.0 Å². The third kappa shape index (κ3) is 3.28. The van der Waals surface area contributed by atoms with Gasteiger partial charge in [0.1, 0.15) is 5.01 Å². The van der Waals surface area contributed by atoms with Crippen molar-refractivity contribution in [3.8, 4) is 0 Å². The van der Waals surface area contributed by atoms with E-state index in [2.05, 4.69) is 15.6 Å². The second kappa shape index (κ2) is 5.41. The molecule has 5 heteroatoms. The monoisotopic (exact) mass is 239 g/mol. The lowest BCUT2D eigenvalue weighted by Gasteiger charge is -2.09. The Balaban J connectivity index is 1.71. The highest BCUT2D eigenvalue weighted by atomic mass is 32.1. The molecule has 0 radical (unpaired) electrons. The zero-order valence-electron chi connectivity index (χ0n) is 9.45. The lowest BCUT2D eigenvalue weighted by molar-refractivity contribution is -0.121. The van der Waals surface area contributed by atoms with Crippen molar-refractivity contribution >= 4 is 17.2 Å². The van der Waals surface area contributed by atoms with Crippen molar-refractivity contribution < 1.29 is 4.79 Å². The fourth-order valence-corrected chi connectivity index (χ4v) is 2.60. The number of hydrogen-bond acceptors (Lipinski definition) is 4. The van der Waals surface area contributed by atoms with E-state index < -0.39 is 0 Å². The van der Waals surface area contributed by atoms with Crippen molar-refractivity contribution in [1.82, 2.24) is 15.6 Å². The summed E-state index contributed by atoms with van der Waals surface area (Å²) in [5, 5.41) is 9.20. The van der Waals surface area contributed by atoms with Crippen LogP contribution in [0.3, 0.4) is 0 Å². The molecule has 0 saturated carbocycles. The van der Waals surface area contributed by atoms with Gasteiger partial charge in [-0.05, 0) is 26.3 Å². The molecular formula is C11H17N3OS. The van der Waals surface area contributed by atoms with Gasteiger partial charge in [-0.25, -0.2) is 4.98 Å². The smallest absolute Gasteiger partial charge is 0.221 e. The van der Waals surface area contributed by atoms with Gasteiger partial charge < -0.3 is 10.6 Å². The highest BCUT2D eigenvalue weighted by molar-refractivity contribution is 7.09. The molecule has 2 heterocycles. The van der Waals surface area contributed by atoms with E-state index in [0.717, 1.165) is 23.7 Å².